The number of rotatable bonds is 3. The number of aryl methyl sites for hydroxylation is 3. The Morgan fingerprint density at radius 3 is 2.59 bits per heavy atom. The molecule has 1 aromatic carbocycles. The van der Waals surface area contributed by atoms with Gasteiger partial charge in [-0.3, -0.25) is 0 Å². The normalized spacial score (nSPS) is 20.3. The van der Waals surface area contributed by atoms with Gasteiger partial charge in [0, 0.05) is 6.54 Å². The van der Waals surface area contributed by atoms with Crippen LogP contribution in [0.2, 0.25) is 0 Å². The van der Waals surface area contributed by atoms with Crippen LogP contribution in [-0.2, 0) is 4.74 Å². The maximum Gasteiger partial charge on any atom is 0.125 e. The van der Waals surface area contributed by atoms with Crippen molar-refractivity contribution >= 4 is 0 Å². The fourth-order valence-electron chi connectivity index (χ4n) is 2.31. The molecule has 2 rings (SSSR count). The van der Waals surface area contributed by atoms with Crippen molar-refractivity contribution < 1.29 is 9.47 Å². The zero-order chi connectivity index (χ0) is 12.3. The van der Waals surface area contributed by atoms with Crippen molar-refractivity contribution in [1.29, 1.82) is 0 Å². The molecular formula is C14H21NO2. The third-order valence-electron chi connectivity index (χ3n) is 3.03. The van der Waals surface area contributed by atoms with Gasteiger partial charge in [-0.25, -0.2) is 0 Å². The van der Waals surface area contributed by atoms with E-state index in [0.717, 1.165) is 25.5 Å². The van der Waals surface area contributed by atoms with Crippen LogP contribution in [0.1, 0.15) is 16.7 Å². The molecule has 0 aromatic heterocycles. The van der Waals surface area contributed by atoms with Crippen LogP contribution in [-0.4, -0.2) is 32.4 Å². The Hall–Kier alpha value is -1.06. The lowest BCUT2D eigenvalue weighted by molar-refractivity contribution is 0.0590. The molecule has 1 aliphatic heterocycles. The molecular weight excluding hydrogens is 214 g/mol. The largest absolute Gasteiger partial charge is 0.491 e. The smallest absolute Gasteiger partial charge is 0.125 e. The Labute approximate surface area is 103 Å². The van der Waals surface area contributed by atoms with Crippen LogP contribution < -0.4 is 10.1 Å². The molecule has 1 unspecified atom stereocenters. The number of nitrogens with one attached hydrogen (secondary N) is 1. The first-order chi connectivity index (χ1) is 8.16. The predicted octanol–water partition coefficient (Wildman–Crippen LogP) is 1.98. The lowest BCUT2D eigenvalue weighted by Gasteiger charge is -2.24. The van der Waals surface area contributed by atoms with Gasteiger partial charge in [0.2, 0.25) is 0 Å². The number of hydrogen-bond acceptors (Lipinski definition) is 3. The van der Waals surface area contributed by atoms with Gasteiger partial charge in [0.25, 0.3) is 0 Å². The lowest BCUT2D eigenvalue weighted by Crippen LogP contribution is -2.44. The van der Waals surface area contributed by atoms with E-state index in [4.69, 9.17) is 9.47 Å². The van der Waals surface area contributed by atoms with Gasteiger partial charge in [0.15, 0.2) is 0 Å². The van der Waals surface area contributed by atoms with Crippen molar-refractivity contribution in [2.75, 3.05) is 26.4 Å². The van der Waals surface area contributed by atoms with Gasteiger partial charge in [-0.15, -0.1) is 0 Å². The Kier molecular flexibility index (Phi) is 4.02. The summed E-state index contributed by atoms with van der Waals surface area (Å²) in [5.74, 6) is 1.02. The summed E-state index contributed by atoms with van der Waals surface area (Å²) in [7, 11) is 0. The van der Waals surface area contributed by atoms with E-state index in [1.54, 1.807) is 0 Å². The summed E-state index contributed by atoms with van der Waals surface area (Å²) < 4.78 is 11.3. The molecule has 1 heterocycles. The Balaban J connectivity index is 1.98. The van der Waals surface area contributed by atoms with E-state index in [9.17, 15) is 0 Å². The van der Waals surface area contributed by atoms with Crippen LogP contribution in [0.5, 0.6) is 5.75 Å². The van der Waals surface area contributed by atoms with E-state index < -0.39 is 0 Å². The van der Waals surface area contributed by atoms with Crippen LogP contribution in [0.3, 0.4) is 0 Å². The molecule has 0 amide bonds. The molecule has 0 radical (unpaired) electrons. The standard InChI is InChI=1S/C14H21NO2/c1-10-6-11(2)14(12(3)7-10)17-9-13-8-16-5-4-15-13/h6-7,13,15H,4-5,8-9H2,1-3H3. The van der Waals surface area contributed by atoms with Gasteiger partial charge in [0.05, 0.1) is 19.3 Å². The van der Waals surface area contributed by atoms with Crippen LogP contribution in [0, 0.1) is 20.8 Å². The van der Waals surface area contributed by atoms with E-state index in [2.05, 4.69) is 38.2 Å². The molecule has 17 heavy (non-hydrogen) atoms. The Morgan fingerprint density at radius 1 is 1.29 bits per heavy atom. The summed E-state index contributed by atoms with van der Waals surface area (Å²) in [5.41, 5.74) is 3.70. The van der Waals surface area contributed by atoms with E-state index in [1.807, 2.05) is 0 Å². The fraction of sp³-hybridized carbons (Fsp3) is 0.571. The summed E-state index contributed by atoms with van der Waals surface area (Å²) in [5, 5.41) is 3.39. The Bertz CT molecular complexity index is 361. The highest BCUT2D eigenvalue weighted by atomic mass is 16.5. The first kappa shape index (κ1) is 12.4. The molecule has 1 saturated heterocycles. The third-order valence-corrected chi connectivity index (χ3v) is 3.03. The highest BCUT2D eigenvalue weighted by Crippen LogP contribution is 2.24. The highest BCUT2D eigenvalue weighted by Gasteiger charge is 2.14. The van der Waals surface area contributed by atoms with Gasteiger partial charge in [-0.05, 0) is 31.9 Å². The average Bonchev–Trinajstić information content (AvgIpc) is 2.29. The van der Waals surface area contributed by atoms with E-state index in [-0.39, 0.29) is 0 Å². The van der Waals surface area contributed by atoms with Gasteiger partial charge in [-0.2, -0.15) is 0 Å². The summed E-state index contributed by atoms with van der Waals surface area (Å²) in [6.45, 7) is 9.44. The van der Waals surface area contributed by atoms with Crippen molar-refractivity contribution in [3.63, 3.8) is 0 Å². The van der Waals surface area contributed by atoms with Crippen LogP contribution in [0.15, 0.2) is 12.1 Å². The van der Waals surface area contributed by atoms with Gasteiger partial charge in [-0.1, -0.05) is 17.7 Å². The van der Waals surface area contributed by atoms with Crippen molar-refractivity contribution in [3.05, 3.63) is 28.8 Å². The molecule has 3 heteroatoms. The molecule has 1 atom stereocenters. The number of ether oxygens (including phenoxy) is 2. The van der Waals surface area contributed by atoms with E-state index in [0.29, 0.717) is 12.6 Å². The second kappa shape index (κ2) is 5.52. The zero-order valence-corrected chi connectivity index (χ0v) is 10.9. The third kappa shape index (κ3) is 3.20. The number of hydrogen-bond donors (Lipinski definition) is 1. The second-order valence-corrected chi connectivity index (χ2v) is 4.76. The lowest BCUT2D eigenvalue weighted by atomic mass is 10.1. The molecule has 1 fully saturated rings. The van der Waals surface area contributed by atoms with Crippen LogP contribution in [0.4, 0.5) is 0 Å². The minimum absolute atomic E-state index is 0.309. The first-order valence-electron chi connectivity index (χ1n) is 6.18. The van der Waals surface area contributed by atoms with Crippen LogP contribution >= 0.6 is 0 Å². The summed E-state index contributed by atoms with van der Waals surface area (Å²) >= 11 is 0. The van der Waals surface area contributed by atoms with E-state index >= 15 is 0 Å². The molecule has 0 aliphatic carbocycles. The molecule has 0 bridgehead atoms. The quantitative estimate of drug-likeness (QED) is 0.869. The zero-order valence-electron chi connectivity index (χ0n) is 10.9. The maximum absolute atomic E-state index is 5.92. The number of morpholine rings is 1. The number of benzene rings is 1. The summed E-state index contributed by atoms with van der Waals surface area (Å²) in [6, 6.07) is 4.63. The van der Waals surface area contributed by atoms with Gasteiger partial charge in [0.1, 0.15) is 12.4 Å². The molecule has 0 spiro atoms. The second-order valence-electron chi connectivity index (χ2n) is 4.76. The van der Waals surface area contributed by atoms with Gasteiger partial charge < -0.3 is 14.8 Å². The average molecular weight is 235 g/mol. The van der Waals surface area contributed by atoms with Crippen molar-refractivity contribution in [2.24, 2.45) is 0 Å². The predicted molar refractivity (Wildman–Crippen MR) is 68.8 cm³/mol. The first-order valence-corrected chi connectivity index (χ1v) is 6.18. The molecule has 1 aromatic rings. The molecule has 3 nitrogen and oxygen atoms in total. The van der Waals surface area contributed by atoms with Crippen molar-refractivity contribution in [3.8, 4) is 5.75 Å². The molecule has 1 N–H and O–H groups in total. The molecule has 0 saturated carbocycles. The topological polar surface area (TPSA) is 30.5 Å². The van der Waals surface area contributed by atoms with E-state index in [1.165, 1.54) is 16.7 Å². The minimum atomic E-state index is 0.309. The molecule has 94 valence electrons. The fourth-order valence-corrected chi connectivity index (χ4v) is 2.31. The minimum Gasteiger partial charge on any atom is -0.491 e. The maximum atomic E-state index is 5.92. The SMILES string of the molecule is Cc1cc(C)c(OCC2COCCN2)c(C)c1. The van der Waals surface area contributed by atoms with Crippen molar-refractivity contribution in [1.82, 2.24) is 5.32 Å². The van der Waals surface area contributed by atoms with Crippen molar-refractivity contribution in [2.45, 2.75) is 26.8 Å². The molecule has 1 aliphatic rings. The van der Waals surface area contributed by atoms with Gasteiger partial charge >= 0.3 is 0 Å². The highest BCUT2D eigenvalue weighted by molar-refractivity contribution is 5.42. The monoisotopic (exact) mass is 235 g/mol. The summed E-state index contributed by atoms with van der Waals surface area (Å²) in [4.78, 5) is 0. The van der Waals surface area contributed by atoms with Crippen LogP contribution in [0.25, 0.3) is 0 Å². The summed E-state index contributed by atoms with van der Waals surface area (Å²) in [6.07, 6.45) is 0. The Morgan fingerprint density at radius 2 is 2.00 bits per heavy atom.